The van der Waals surface area contributed by atoms with Crippen molar-refractivity contribution >= 4 is 17.5 Å². The minimum absolute atomic E-state index is 0.470. The first-order valence-corrected chi connectivity index (χ1v) is 4.76. The molecular formula is C7H11N3OS. The number of aromatic nitrogens is 2. The van der Waals surface area contributed by atoms with Crippen LogP contribution in [-0.4, -0.2) is 22.0 Å². The van der Waals surface area contributed by atoms with Crippen LogP contribution in [0.25, 0.3) is 0 Å². The van der Waals surface area contributed by atoms with Gasteiger partial charge in [-0.2, -0.15) is 8.75 Å². The smallest absolute Gasteiger partial charge is 0.160 e. The van der Waals surface area contributed by atoms with E-state index in [4.69, 9.17) is 10.5 Å². The van der Waals surface area contributed by atoms with Crippen molar-refractivity contribution in [2.45, 2.75) is 18.8 Å². The fraction of sp³-hybridized carbons (Fsp3) is 0.714. The van der Waals surface area contributed by atoms with E-state index in [9.17, 15) is 0 Å². The van der Waals surface area contributed by atoms with Crippen molar-refractivity contribution in [2.24, 2.45) is 0 Å². The fourth-order valence-electron chi connectivity index (χ4n) is 1.46. The molecule has 0 aromatic carbocycles. The average Bonchev–Trinajstić information content (AvgIpc) is 2.53. The number of nitrogen functional groups attached to an aromatic ring is 1. The van der Waals surface area contributed by atoms with Gasteiger partial charge in [0.15, 0.2) is 5.82 Å². The number of rotatable bonds is 1. The van der Waals surface area contributed by atoms with Crippen LogP contribution in [0.4, 0.5) is 5.82 Å². The highest BCUT2D eigenvalue weighted by atomic mass is 32.1. The Bertz CT molecular complexity index is 257. The fourth-order valence-corrected chi connectivity index (χ4v) is 2.01. The van der Waals surface area contributed by atoms with Gasteiger partial charge in [-0.25, -0.2) is 0 Å². The standard InChI is InChI=1S/C7H11N3OS/c8-7-6(9-12-10-7)5-1-3-11-4-2-5/h5H,1-4H2,(H2,8,10). The molecule has 0 bridgehead atoms. The molecule has 1 aromatic rings. The summed E-state index contributed by atoms with van der Waals surface area (Å²) in [5.41, 5.74) is 6.64. The van der Waals surface area contributed by atoms with Crippen LogP contribution in [0, 0.1) is 0 Å². The van der Waals surface area contributed by atoms with E-state index in [0.717, 1.165) is 31.7 Å². The second-order valence-electron chi connectivity index (χ2n) is 2.92. The van der Waals surface area contributed by atoms with Gasteiger partial charge in [0, 0.05) is 19.1 Å². The van der Waals surface area contributed by atoms with Crippen molar-refractivity contribution in [1.82, 2.24) is 8.75 Å². The molecule has 1 aliphatic heterocycles. The van der Waals surface area contributed by atoms with Crippen LogP contribution in [0.15, 0.2) is 0 Å². The normalized spacial score (nSPS) is 19.7. The van der Waals surface area contributed by atoms with E-state index in [1.807, 2.05) is 0 Å². The molecule has 2 N–H and O–H groups in total. The van der Waals surface area contributed by atoms with Gasteiger partial charge >= 0.3 is 0 Å². The molecule has 1 fully saturated rings. The summed E-state index contributed by atoms with van der Waals surface area (Å²) in [5.74, 6) is 1.07. The zero-order valence-corrected chi connectivity index (χ0v) is 7.51. The summed E-state index contributed by atoms with van der Waals surface area (Å²) >= 11 is 1.19. The second-order valence-corrected chi connectivity index (χ2v) is 3.45. The lowest BCUT2D eigenvalue weighted by Crippen LogP contribution is -2.15. The van der Waals surface area contributed by atoms with Crippen LogP contribution in [0.2, 0.25) is 0 Å². The Balaban J connectivity index is 2.13. The summed E-state index contributed by atoms with van der Waals surface area (Å²) in [6.07, 6.45) is 2.05. The molecule has 0 saturated carbocycles. The molecule has 2 rings (SSSR count). The highest BCUT2D eigenvalue weighted by Gasteiger charge is 2.20. The third-order valence-electron chi connectivity index (χ3n) is 2.15. The maximum absolute atomic E-state index is 5.67. The van der Waals surface area contributed by atoms with E-state index in [-0.39, 0.29) is 0 Å². The lowest BCUT2D eigenvalue weighted by molar-refractivity contribution is 0.0848. The summed E-state index contributed by atoms with van der Waals surface area (Å²) in [7, 11) is 0. The Morgan fingerprint density at radius 2 is 2.08 bits per heavy atom. The van der Waals surface area contributed by atoms with Gasteiger partial charge in [0.25, 0.3) is 0 Å². The molecule has 12 heavy (non-hydrogen) atoms. The Morgan fingerprint density at radius 1 is 1.33 bits per heavy atom. The maximum atomic E-state index is 5.67. The highest BCUT2D eigenvalue weighted by Crippen LogP contribution is 2.28. The van der Waals surface area contributed by atoms with Gasteiger partial charge in [-0.1, -0.05) is 0 Å². The molecule has 0 aliphatic carbocycles. The Kier molecular flexibility index (Phi) is 2.23. The summed E-state index contributed by atoms with van der Waals surface area (Å²) in [4.78, 5) is 0. The first-order chi connectivity index (χ1) is 5.88. The number of hydrogen-bond donors (Lipinski definition) is 1. The predicted octanol–water partition coefficient (Wildman–Crippen LogP) is 1.01. The van der Waals surface area contributed by atoms with Gasteiger partial charge in [0.05, 0.1) is 11.7 Å². The van der Waals surface area contributed by atoms with E-state index in [1.54, 1.807) is 0 Å². The Labute approximate surface area is 75.1 Å². The van der Waals surface area contributed by atoms with Crippen LogP contribution in [0.1, 0.15) is 24.5 Å². The van der Waals surface area contributed by atoms with E-state index in [0.29, 0.717) is 11.7 Å². The quantitative estimate of drug-likeness (QED) is 0.709. The lowest BCUT2D eigenvalue weighted by Gasteiger charge is -2.19. The highest BCUT2D eigenvalue weighted by molar-refractivity contribution is 6.99. The van der Waals surface area contributed by atoms with Gasteiger partial charge in [-0.15, -0.1) is 0 Å². The predicted molar refractivity (Wildman–Crippen MR) is 47.1 cm³/mol. The zero-order valence-electron chi connectivity index (χ0n) is 6.69. The summed E-state index contributed by atoms with van der Waals surface area (Å²) < 4.78 is 13.4. The summed E-state index contributed by atoms with van der Waals surface area (Å²) in [6.45, 7) is 1.64. The van der Waals surface area contributed by atoms with Gasteiger partial charge in [0.1, 0.15) is 5.69 Å². The van der Waals surface area contributed by atoms with Crippen LogP contribution >= 0.6 is 11.7 Å². The lowest BCUT2D eigenvalue weighted by atomic mass is 9.97. The van der Waals surface area contributed by atoms with Crippen molar-refractivity contribution < 1.29 is 4.74 Å². The van der Waals surface area contributed by atoms with Crippen molar-refractivity contribution in [3.8, 4) is 0 Å². The second kappa shape index (κ2) is 3.37. The van der Waals surface area contributed by atoms with E-state index >= 15 is 0 Å². The van der Waals surface area contributed by atoms with Crippen molar-refractivity contribution in [3.05, 3.63) is 5.69 Å². The molecule has 1 aliphatic rings. The number of anilines is 1. The Hall–Kier alpha value is -0.680. The third-order valence-corrected chi connectivity index (χ3v) is 2.71. The monoisotopic (exact) mass is 185 g/mol. The number of nitrogens with two attached hydrogens (primary N) is 1. The molecule has 0 unspecified atom stereocenters. The topological polar surface area (TPSA) is 61.0 Å². The molecule has 0 spiro atoms. The third kappa shape index (κ3) is 1.42. The van der Waals surface area contributed by atoms with Crippen LogP contribution in [0.5, 0.6) is 0 Å². The molecule has 66 valence electrons. The van der Waals surface area contributed by atoms with E-state index in [2.05, 4.69) is 8.75 Å². The number of ether oxygens (including phenoxy) is 1. The first-order valence-electron chi connectivity index (χ1n) is 4.03. The SMILES string of the molecule is Nc1nsnc1C1CCOCC1. The molecule has 1 saturated heterocycles. The minimum Gasteiger partial charge on any atom is -0.381 e. The molecule has 0 radical (unpaired) electrons. The molecule has 5 heteroatoms. The van der Waals surface area contributed by atoms with Gasteiger partial charge in [-0.05, 0) is 12.8 Å². The first kappa shape index (κ1) is 7.94. The number of hydrogen-bond acceptors (Lipinski definition) is 5. The van der Waals surface area contributed by atoms with E-state index < -0.39 is 0 Å². The molecular weight excluding hydrogens is 174 g/mol. The van der Waals surface area contributed by atoms with Crippen molar-refractivity contribution in [2.75, 3.05) is 18.9 Å². The van der Waals surface area contributed by atoms with Gasteiger partial charge in [-0.3, -0.25) is 0 Å². The maximum Gasteiger partial charge on any atom is 0.160 e. The molecule has 4 nitrogen and oxygen atoms in total. The van der Waals surface area contributed by atoms with Crippen molar-refractivity contribution in [1.29, 1.82) is 0 Å². The van der Waals surface area contributed by atoms with Gasteiger partial charge in [0.2, 0.25) is 0 Å². The number of nitrogens with zero attached hydrogens (tertiary/aromatic N) is 2. The molecule has 0 atom stereocenters. The van der Waals surface area contributed by atoms with Crippen LogP contribution in [0.3, 0.4) is 0 Å². The molecule has 0 amide bonds. The van der Waals surface area contributed by atoms with Crippen LogP contribution in [-0.2, 0) is 4.74 Å². The van der Waals surface area contributed by atoms with Crippen molar-refractivity contribution in [3.63, 3.8) is 0 Å². The largest absolute Gasteiger partial charge is 0.381 e. The Morgan fingerprint density at radius 3 is 2.67 bits per heavy atom. The van der Waals surface area contributed by atoms with Gasteiger partial charge < -0.3 is 10.5 Å². The zero-order chi connectivity index (χ0) is 8.39. The molecule has 1 aromatic heterocycles. The van der Waals surface area contributed by atoms with Crippen LogP contribution < -0.4 is 5.73 Å². The van der Waals surface area contributed by atoms with E-state index in [1.165, 1.54) is 11.7 Å². The summed E-state index contributed by atoms with van der Waals surface area (Å²) in [5, 5.41) is 0. The average molecular weight is 185 g/mol. The molecule has 2 heterocycles. The minimum atomic E-state index is 0.470. The summed E-state index contributed by atoms with van der Waals surface area (Å²) in [6, 6.07) is 0.